The van der Waals surface area contributed by atoms with Gasteiger partial charge in [0.15, 0.2) is 0 Å². The number of fused-ring (bicyclic) bond motifs is 2. The maximum Gasteiger partial charge on any atom is 0.123 e. The minimum absolute atomic E-state index is 0.231. The van der Waals surface area contributed by atoms with Gasteiger partial charge in [-0.05, 0) is 46.5 Å². The summed E-state index contributed by atoms with van der Waals surface area (Å²) in [5.74, 6) is 1.04. The molecule has 2 atom stereocenters. The van der Waals surface area contributed by atoms with E-state index in [0.717, 1.165) is 12.2 Å². The molecule has 2 aromatic carbocycles. The van der Waals surface area contributed by atoms with Crippen molar-refractivity contribution in [1.82, 2.24) is 0 Å². The lowest BCUT2D eigenvalue weighted by Crippen LogP contribution is -2.05. The highest BCUT2D eigenvalue weighted by atomic mass is 79.9. The van der Waals surface area contributed by atoms with Crippen molar-refractivity contribution in [2.24, 2.45) is 0 Å². The molecule has 106 valence electrons. The van der Waals surface area contributed by atoms with E-state index in [0.29, 0.717) is 6.10 Å². The van der Waals surface area contributed by atoms with E-state index in [-0.39, 0.29) is 4.83 Å². The summed E-state index contributed by atoms with van der Waals surface area (Å²) in [7, 11) is 0. The molecule has 0 spiro atoms. The van der Waals surface area contributed by atoms with E-state index in [1.807, 2.05) is 11.3 Å². The van der Waals surface area contributed by atoms with Crippen LogP contribution in [0.1, 0.15) is 28.4 Å². The van der Waals surface area contributed by atoms with Gasteiger partial charge in [0.25, 0.3) is 0 Å². The van der Waals surface area contributed by atoms with Crippen molar-refractivity contribution in [2.45, 2.75) is 24.3 Å². The highest BCUT2D eigenvalue weighted by Gasteiger charge is 2.22. The molecule has 4 rings (SSSR count). The molecule has 1 aromatic heterocycles. The first-order chi connectivity index (χ1) is 10.2. The van der Waals surface area contributed by atoms with E-state index in [2.05, 4.69) is 70.7 Å². The molecule has 3 heteroatoms. The van der Waals surface area contributed by atoms with Crippen molar-refractivity contribution in [3.05, 3.63) is 64.5 Å². The van der Waals surface area contributed by atoms with Crippen LogP contribution >= 0.6 is 27.3 Å². The van der Waals surface area contributed by atoms with Gasteiger partial charge < -0.3 is 4.74 Å². The molecular formula is C18H15BrOS. The van der Waals surface area contributed by atoms with Crippen molar-refractivity contribution in [3.63, 3.8) is 0 Å². The summed E-state index contributed by atoms with van der Waals surface area (Å²) >= 11 is 5.69. The van der Waals surface area contributed by atoms with Crippen molar-refractivity contribution in [2.75, 3.05) is 0 Å². The van der Waals surface area contributed by atoms with Crippen LogP contribution < -0.4 is 4.74 Å². The summed E-state index contributed by atoms with van der Waals surface area (Å²) in [5, 5.41) is 3.60. The summed E-state index contributed by atoms with van der Waals surface area (Å²) in [6.07, 6.45) is 1.30. The zero-order valence-corrected chi connectivity index (χ0v) is 14.1. The van der Waals surface area contributed by atoms with Crippen LogP contribution in [0.3, 0.4) is 0 Å². The predicted molar refractivity (Wildman–Crippen MR) is 92.8 cm³/mol. The summed E-state index contributed by atoms with van der Waals surface area (Å²) < 4.78 is 7.13. The first kappa shape index (κ1) is 13.4. The number of halogens is 1. The van der Waals surface area contributed by atoms with Gasteiger partial charge in [-0.2, -0.15) is 0 Å². The SMILES string of the molecule is CC1Cc2cc(C(Br)c3csc4ccccc34)ccc2O1. The molecule has 0 saturated heterocycles. The summed E-state index contributed by atoms with van der Waals surface area (Å²) in [4.78, 5) is 0.231. The number of benzene rings is 2. The molecule has 0 N–H and O–H groups in total. The van der Waals surface area contributed by atoms with Gasteiger partial charge in [-0.1, -0.05) is 46.3 Å². The number of thiophene rings is 1. The summed E-state index contributed by atoms with van der Waals surface area (Å²) in [6, 6.07) is 15.1. The van der Waals surface area contributed by atoms with Crippen LogP contribution in [0.5, 0.6) is 5.75 Å². The Morgan fingerprint density at radius 1 is 1.24 bits per heavy atom. The molecule has 0 bridgehead atoms. The number of hydrogen-bond acceptors (Lipinski definition) is 2. The van der Waals surface area contributed by atoms with Gasteiger partial charge in [-0.3, -0.25) is 0 Å². The minimum atomic E-state index is 0.231. The van der Waals surface area contributed by atoms with E-state index < -0.39 is 0 Å². The second-order valence-corrected chi connectivity index (χ2v) is 7.38. The van der Waals surface area contributed by atoms with Gasteiger partial charge in [-0.15, -0.1) is 11.3 Å². The molecule has 21 heavy (non-hydrogen) atoms. The van der Waals surface area contributed by atoms with E-state index >= 15 is 0 Å². The van der Waals surface area contributed by atoms with Gasteiger partial charge in [0.05, 0.1) is 4.83 Å². The highest BCUT2D eigenvalue weighted by Crippen LogP contribution is 2.40. The van der Waals surface area contributed by atoms with Gasteiger partial charge >= 0.3 is 0 Å². The quantitative estimate of drug-likeness (QED) is 0.533. The number of rotatable bonds is 2. The fraction of sp³-hybridized carbons (Fsp3) is 0.222. The Morgan fingerprint density at radius 2 is 2.10 bits per heavy atom. The molecule has 0 fully saturated rings. The normalized spacial score (nSPS) is 18.5. The minimum Gasteiger partial charge on any atom is -0.490 e. The largest absolute Gasteiger partial charge is 0.490 e. The average Bonchev–Trinajstić information content (AvgIpc) is 3.07. The third-order valence-electron chi connectivity index (χ3n) is 4.00. The lowest BCUT2D eigenvalue weighted by molar-refractivity contribution is 0.254. The predicted octanol–water partition coefficient (Wildman–Crippen LogP) is 5.71. The number of alkyl halides is 1. The van der Waals surface area contributed by atoms with E-state index in [1.165, 1.54) is 26.8 Å². The third-order valence-corrected chi connectivity index (χ3v) is 6.00. The number of ether oxygens (including phenoxy) is 1. The van der Waals surface area contributed by atoms with Gasteiger partial charge in [0.1, 0.15) is 11.9 Å². The third kappa shape index (κ3) is 2.29. The van der Waals surface area contributed by atoms with Gasteiger partial charge in [0, 0.05) is 11.1 Å². The monoisotopic (exact) mass is 358 g/mol. The van der Waals surface area contributed by atoms with E-state index in [9.17, 15) is 0 Å². The Kier molecular flexibility index (Phi) is 3.27. The molecule has 3 aromatic rings. The van der Waals surface area contributed by atoms with Gasteiger partial charge in [0.2, 0.25) is 0 Å². The smallest absolute Gasteiger partial charge is 0.123 e. The van der Waals surface area contributed by atoms with Crippen LogP contribution in [0, 0.1) is 0 Å². The summed E-state index contributed by atoms with van der Waals surface area (Å²) in [5.41, 5.74) is 3.97. The fourth-order valence-corrected chi connectivity index (χ4v) is 4.80. The molecule has 1 aliphatic rings. The standard InChI is InChI=1S/C18H15BrOS/c1-11-8-13-9-12(6-7-16(13)20-11)18(19)15-10-21-17-5-3-2-4-14(15)17/h2-7,9-11,18H,8H2,1H3. The molecule has 1 nitrogen and oxygen atoms in total. The molecular weight excluding hydrogens is 344 g/mol. The Balaban J connectivity index is 1.75. The van der Waals surface area contributed by atoms with Crippen LogP contribution in [0.15, 0.2) is 47.8 Å². The second-order valence-electron chi connectivity index (χ2n) is 5.55. The summed E-state index contributed by atoms with van der Waals surface area (Å²) in [6.45, 7) is 2.12. The van der Waals surface area contributed by atoms with E-state index in [1.54, 1.807) is 0 Å². The topological polar surface area (TPSA) is 9.23 Å². The zero-order chi connectivity index (χ0) is 14.4. The van der Waals surface area contributed by atoms with Crippen molar-refractivity contribution < 1.29 is 4.74 Å². The average molecular weight is 359 g/mol. The first-order valence-electron chi connectivity index (χ1n) is 7.12. The lowest BCUT2D eigenvalue weighted by atomic mass is 10.0. The van der Waals surface area contributed by atoms with Crippen LogP contribution in [-0.2, 0) is 6.42 Å². The molecule has 2 heterocycles. The van der Waals surface area contributed by atoms with Gasteiger partial charge in [-0.25, -0.2) is 0 Å². The first-order valence-corrected chi connectivity index (χ1v) is 8.91. The second kappa shape index (κ2) is 5.15. The molecule has 0 saturated carbocycles. The fourth-order valence-electron chi connectivity index (χ4n) is 2.97. The highest BCUT2D eigenvalue weighted by molar-refractivity contribution is 9.09. The lowest BCUT2D eigenvalue weighted by Gasteiger charge is -2.11. The van der Waals surface area contributed by atoms with Crippen LogP contribution in [0.25, 0.3) is 10.1 Å². The Labute approximate surface area is 136 Å². The maximum atomic E-state index is 5.79. The van der Waals surface area contributed by atoms with Crippen LogP contribution in [0.2, 0.25) is 0 Å². The molecule has 0 amide bonds. The van der Waals surface area contributed by atoms with E-state index in [4.69, 9.17) is 4.74 Å². The van der Waals surface area contributed by atoms with Crippen molar-refractivity contribution in [3.8, 4) is 5.75 Å². The van der Waals surface area contributed by atoms with Crippen LogP contribution in [0.4, 0.5) is 0 Å². The molecule has 0 aliphatic carbocycles. The Hall–Kier alpha value is -1.32. The zero-order valence-electron chi connectivity index (χ0n) is 11.7. The molecule has 1 aliphatic heterocycles. The Bertz CT molecular complexity index is 808. The molecule has 0 radical (unpaired) electrons. The molecule has 2 unspecified atom stereocenters. The Morgan fingerprint density at radius 3 is 3.00 bits per heavy atom. The van der Waals surface area contributed by atoms with Crippen molar-refractivity contribution in [1.29, 1.82) is 0 Å². The van der Waals surface area contributed by atoms with Crippen molar-refractivity contribution >= 4 is 37.4 Å². The maximum absolute atomic E-state index is 5.79. The number of hydrogen-bond donors (Lipinski definition) is 0. The van der Waals surface area contributed by atoms with Crippen LogP contribution in [-0.4, -0.2) is 6.10 Å².